The highest BCUT2D eigenvalue weighted by molar-refractivity contribution is 5.91. The number of halogens is 3. The fourth-order valence-electron chi connectivity index (χ4n) is 4.42. The number of amides is 1. The average Bonchev–Trinajstić information content (AvgIpc) is 3.31. The van der Waals surface area contributed by atoms with Crippen molar-refractivity contribution in [3.63, 3.8) is 0 Å². The van der Waals surface area contributed by atoms with Crippen molar-refractivity contribution >= 4 is 11.5 Å². The van der Waals surface area contributed by atoms with Crippen LogP contribution in [-0.4, -0.2) is 27.1 Å². The SMILES string of the molecule is CCNC(=O)C1(n2cc(C(C)(C)O)nc2-c2ccccc2C(F)(F)F)C=CC=C(c2ccccc2)C1. The first-order chi connectivity index (χ1) is 17.0. The van der Waals surface area contributed by atoms with Gasteiger partial charge in [0.15, 0.2) is 0 Å². The highest BCUT2D eigenvalue weighted by Gasteiger charge is 2.44. The van der Waals surface area contributed by atoms with Crippen molar-refractivity contribution in [1.29, 1.82) is 0 Å². The molecule has 0 bridgehead atoms. The Kier molecular flexibility index (Phi) is 6.66. The smallest absolute Gasteiger partial charge is 0.384 e. The van der Waals surface area contributed by atoms with E-state index in [9.17, 15) is 23.1 Å². The Balaban J connectivity index is 1.99. The molecule has 36 heavy (non-hydrogen) atoms. The van der Waals surface area contributed by atoms with Crippen molar-refractivity contribution < 1.29 is 23.1 Å². The molecular weight excluding hydrogens is 467 g/mol. The van der Waals surface area contributed by atoms with Crippen LogP contribution >= 0.6 is 0 Å². The fraction of sp³-hybridized carbons (Fsp3) is 0.286. The van der Waals surface area contributed by atoms with Crippen molar-refractivity contribution in [2.45, 2.75) is 44.5 Å². The lowest BCUT2D eigenvalue weighted by Crippen LogP contribution is -2.48. The Bertz CT molecular complexity index is 1320. The number of benzene rings is 2. The minimum Gasteiger partial charge on any atom is -0.384 e. The van der Waals surface area contributed by atoms with Gasteiger partial charge in [-0.1, -0.05) is 60.7 Å². The molecule has 0 fully saturated rings. The molecule has 8 heteroatoms. The van der Waals surface area contributed by atoms with Crippen molar-refractivity contribution in [1.82, 2.24) is 14.9 Å². The summed E-state index contributed by atoms with van der Waals surface area (Å²) < 4.78 is 43.5. The quantitative estimate of drug-likeness (QED) is 0.463. The number of hydrogen-bond acceptors (Lipinski definition) is 3. The van der Waals surface area contributed by atoms with E-state index in [1.807, 2.05) is 36.4 Å². The number of likely N-dealkylation sites (N-methyl/N-ethyl adjacent to an activating group) is 1. The molecule has 3 aromatic rings. The predicted molar refractivity (Wildman–Crippen MR) is 133 cm³/mol. The standard InChI is InChI=1S/C28H28F3N3O2/c1-4-32-25(35)27(16-10-13-20(17-27)19-11-6-5-7-12-19)34-18-23(26(2,3)36)33-24(34)21-14-8-9-15-22(21)28(29,30)31/h5-16,18,36H,4,17H2,1-3H3,(H,32,35). The summed E-state index contributed by atoms with van der Waals surface area (Å²) in [6, 6.07) is 14.6. The largest absolute Gasteiger partial charge is 0.417 e. The second kappa shape index (κ2) is 9.43. The number of nitrogens with one attached hydrogen (secondary N) is 1. The van der Waals surface area contributed by atoms with Gasteiger partial charge in [-0.15, -0.1) is 0 Å². The molecule has 5 nitrogen and oxygen atoms in total. The van der Waals surface area contributed by atoms with E-state index in [1.54, 1.807) is 19.1 Å². The molecular formula is C28H28F3N3O2. The summed E-state index contributed by atoms with van der Waals surface area (Å²) in [4.78, 5) is 18.2. The normalized spacial score (nSPS) is 18.1. The maximum Gasteiger partial charge on any atom is 0.417 e. The molecule has 0 aliphatic heterocycles. The first-order valence-electron chi connectivity index (χ1n) is 11.7. The van der Waals surface area contributed by atoms with Gasteiger partial charge in [-0.05, 0) is 44.1 Å². The van der Waals surface area contributed by atoms with Crippen LogP contribution in [0.4, 0.5) is 13.2 Å². The van der Waals surface area contributed by atoms with E-state index in [2.05, 4.69) is 10.3 Å². The summed E-state index contributed by atoms with van der Waals surface area (Å²) in [7, 11) is 0. The van der Waals surface area contributed by atoms with Gasteiger partial charge in [-0.2, -0.15) is 13.2 Å². The monoisotopic (exact) mass is 495 g/mol. The number of hydrogen-bond donors (Lipinski definition) is 2. The topological polar surface area (TPSA) is 67.2 Å². The molecule has 1 unspecified atom stereocenters. The second-order valence-electron chi connectivity index (χ2n) is 9.30. The Morgan fingerprint density at radius 1 is 1.11 bits per heavy atom. The van der Waals surface area contributed by atoms with Gasteiger partial charge in [0.05, 0.1) is 11.3 Å². The Labute approximate surface area is 208 Å². The minimum absolute atomic E-state index is 0.0507. The van der Waals surface area contributed by atoms with E-state index in [0.717, 1.165) is 17.2 Å². The number of carbonyl (C=O) groups excluding carboxylic acids is 1. The van der Waals surface area contributed by atoms with Crippen molar-refractivity contribution in [2.24, 2.45) is 0 Å². The molecule has 1 aliphatic carbocycles. The van der Waals surface area contributed by atoms with Gasteiger partial charge in [0.2, 0.25) is 0 Å². The number of rotatable bonds is 6. The molecule has 0 saturated carbocycles. The number of alkyl halides is 3. The Morgan fingerprint density at radius 3 is 2.42 bits per heavy atom. The van der Waals surface area contributed by atoms with Gasteiger partial charge >= 0.3 is 6.18 Å². The molecule has 4 rings (SSSR count). The number of allylic oxidation sites excluding steroid dienone is 3. The molecule has 1 atom stereocenters. The summed E-state index contributed by atoms with van der Waals surface area (Å²) in [5.74, 6) is -0.432. The zero-order chi connectivity index (χ0) is 26.1. The third kappa shape index (κ3) is 4.73. The molecule has 2 N–H and O–H groups in total. The summed E-state index contributed by atoms with van der Waals surface area (Å²) in [6.45, 7) is 5.12. The van der Waals surface area contributed by atoms with Crippen LogP contribution in [0.15, 0.2) is 79.0 Å². The van der Waals surface area contributed by atoms with Crippen LogP contribution in [0.1, 0.15) is 44.0 Å². The van der Waals surface area contributed by atoms with E-state index in [1.165, 1.54) is 42.8 Å². The van der Waals surface area contributed by atoms with Crippen LogP contribution in [0.3, 0.4) is 0 Å². The number of carbonyl (C=O) groups is 1. The van der Waals surface area contributed by atoms with E-state index >= 15 is 0 Å². The van der Waals surface area contributed by atoms with Crippen LogP contribution in [0.2, 0.25) is 0 Å². The average molecular weight is 496 g/mol. The van der Waals surface area contributed by atoms with Gasteiger partial charge in [-0.3, -0.25) is 4.79 Å². The van der Waals surface area contributed by atoms with Gasteiger partial charge in [0.25, 0.3) is 5.91 Å². The summed E-state index contributed by atoms with van der Waals surface area (Å²) in [6.07, 6.45) is 2.34. The molecule has 1 aromatic heterocycles. The van der Waals surface area contributed by atoms with Crippen LogP contribution in [0.5, 0.6) is 0 Å². The summed E-state index contributed by atoms with van der Waals surface area (Å²) >= 11 is 0. The first kappa shape index (κ1) is 25.4. The van der Waals surface area contributed by atoms with Crippen LogP contribution in [0, 0.1) is 0 Å². The molecule has 188 valence electrons. The van der Waals surface area contributed by atoms with E-state index in [0.29, 0.717) is 6.54 Å². The van der Waals surface area contributed by atoms with E-state index < -0.39 is 22.9 Å². The number of aliphatic hydroxyl groups is 1. The van der Waals surface area contributed by atoms with Crippen LogP contribution in [-0.2, 0) is 22.1 Å². The molecule has 1 heterocycles. The van der Waals surface area contributed by atoms with E-state index in [-0.39, 0.29) is 29.4 Å². The minimum atomic E-state index is -4.64. The third-order valence-corrected chi connectivity index (χ3v) is 6.24. The highest BCUT2D eigenvalue weighted by atomic mass is 19.4. The predicted octanol–water partition coefficient (Wildman–Crippen LogP) is 5.67. The molecule has 0 spiro atoms. The maximum absolute atomic E-state index is 14.0. The molecule has 1 aliphatic rings. The Morgan fingerprint density at radius 2 is 1.78 bits per heavy atom. The van der Waals surface area contributed by atoms with Crippen LogP contribution < -0.4 is 5.32 Å². The van der Waals surface area contributed by atoms with Gasteiger partial charge in [-0.25, -0.2) is 4.98 Å². The fourth-order valence-corrected chi connectivity index (χ4v) is 4.42. The van der Waals surface area contributed by atoms with Gasteiger partial charge in [0, 0.05) is 24.7 Å². The number of imidazole rings is 1. The van der Waals surface area contributed by atoms with Crippen molar-refractivity contribution in [2.75, 3.05) is 6.54 Å². The Hall–Kier alpha value is -3.65. The lowest BCUT2D eigenvalue weighted by Gasteiger charge is -2.35. The summed E-state index contributed by atoms with van der Waals surface area (Å²) in [5.41, 5.74) is -2.01. The van der Waals surface area contributed by atoms with E-state index in [4.69, 9.17) is 0 Å². The lowest BCUT2D eigenvalue weighted by molar-refractivity contribution is -0.137. The summed E-state index contributed by atoms with van der Waals surface area (Å²) in [5, 5.41) is 13.6. The first-order valence-corrected chi connectivity index (χ1v) is 11.7. The lowest BCUT2D eigenvalue weighted by atomic mass is 9.82. The van der Waals surface area contributed by atoms with Crippen molar-refractivity contribution in [3.8, 4) is 11.4 Å². The molecule has 1 amide bonds. The second-order valence-corrected chi connectivity index (χ2v) is 9.30. The van der Waals surface area contributed by atoms with Crippen molar-refractivity contribution in [3.05, 3.63) is 95.8 Å². The maximum atomic E-state index is 14.0. The highest BCUT2D eigenvalue weighted by Crippen LogP contribution is 2.42. The molecule has 2 aromatic carbocycles. The van der Waals surface area contributed by atoms with Gasteiger partial charge < -0.3 is 15.0 Å². The number of nitrogens with zero attached hydrogens (tertiary/aromatic N) is 2. The third-order valence-electron chi connectivity index (χ3n) is 6.24. The zero-order valence-corrected chi connectivity index (χ0v) is 20.3. The zero-order valence-electron chi connectivity index (χ0n) is 20.3. The molecule has 0 radical (unpaired) electrons. The molecule has 0 saturated heterocycles. The van der Waals surface area contributed by atoms with Gasteiger partial charge in [0.1, 0.15) is 17.0 Å². The van der Waals surface area contributed by atoms with Crippen LogP contribution in [0.25, 0.3) is 17.0 Å². The number of aromatic nitrogens is 2.